The van der Waals surface area contributed by atoms with Gasteiger partial charge in [-0.2, -0.15) is 0 Å². The van der Waals surface area contributed by atoms with Crippen molar-refractivity contribution in [2.24, 2.45) is 0 Å². The zero-order valence-corrected chi connectivity index (χ0v) is 13.2. The van der Waals surface area contributed by atoms with E-state index < -0.39 is 0 Å². The Morgan fingerprint density at radius 1 is 1.25 bits per heavy atom. The van der Waals surface area contributed by atoms with Crippen LogP contribution in [0.25, 0.3) is 0 Å². The number of ether oxygens (including phenoxy) is 2. The largest absolute Gasteiger partial charge is 0.382 e. The molecule has 0 aliphatic rings. The van der Waals surface area contributed by atoms with Gasteiger partial charge in [0.15, 0.2) is 0 Å². The SMILES string of the molecule is COCC(CNc1cccc(CNC(C)(C)C)n1)OC. The van der Waals surface area contributed by atoms with Crippen molar-refractivity contribution in [3.05, 3.63) is 23.9 Å². The van der Waals surface area contributed by atoms with Crippen molar-refractivity contribution in [3.8, 4) is 0 Å². The number of methoxy groups -OCH3 is 2. The molecule has 2 N–H and O–H groups in total. The highest BCUT2D eigenvalue weighted by Gasteiger charge is 2.10. The molecule has 20 heavy (non-hydrogen) atoms. The zero-order chi connectivity index (χ0) is 15.0. The van der Waals surface area contributed by atoms with Crippen LogP contribution in [0.2, 0.25) is 0 Å². The standard InChI is InChI=1S/C15H27N3O2/c1-15(2,3)17-9-12-7-6-8-14(18-12)16-10-13(20-5)11-19-4/h6-8,13,17H,9-11H2,1-5H3,(H,16,18). The third kappa shape index (κ3) is 6.84. The van der Waals surface area contributed by atoms with Gasteiger partial charge in [-0.1, -0.05) is 6.07 Å². The van der Waals surface area contributed by atoms with E-state index in [1.165, 1.54) is 0 Å². The summed E-state index contributed by atoms with van der Waals surface area (Å²) in [5, 5.41) is 6.70. The Labute approximate surface area is 122 Å². The van der Waals surface area contributed by atoms with E-state index in [0.29, 0.717) is 13.2 Å². The van der Waals surface area contributed by atoms with Gasteiger partial charge in [-0.25, -0.2) is 4.98 Å². The number of anilines is 1. The number of aromatic nitrogens is 1. The molecule has 0 aliphatic carbocycles. The lowest BCUT2D eigenvalue weighted by Gasteiger charge is -2.20. The van der Waals surface area contributed by atoms with Crippen LogP contribution in [0.15, 0.2) is 18.2 Å². The predicted molar refractivity (Wildman–Crippen MR) is 82.0 cm³/mol. The second kappa shape index (κ2) is 8.19. The molecule has 1 aromatic heterocycles. The first-order valence-electron chi connectivity index (χ1n) is 6.91. The highest BCUT2D eigenvalue weighted by atomic mass is 16.5. The van der Waals surface area contributed by atoms with Crippen LogP contribution >= 0.6 is 0 Å². The molecule has 1 rings (SSSR count). The third-order valence-corrected chi connectivity index (χ3v) is 2.80. The molecule has 1 heterocycles. The summed E-state index contributed by atoms with van der Waals surface area (Å²) in [5.41, 5.74) is 1.11. The molecule has 0 amide bonds. The normalized spacial score (nSPS) is 13.2. The van der Waals surface area contributed by atoms with Gasteiger partial charge in [-0.3, -0.25) is 0 Å². The van der Waals surface area contributed by atoms with Crippen molar-refractivity contribution in [3.63, 3.8) is 0 Å². The number of nitrogens with one attached hydrogen (secondary N) is 2. The van der Waals surface area contributed by atoms with Crippen LogP contribution in [0, 0.1) is 0 Å². The molecule has 0 fully saturated rings. The minimum atomic E-state index is 0.0261. The molecule has 5 nitrogen and oxygen atoms in total. The van der Waals surface area contributed by atoms with E-state index in [2.05, 4.69) is 36.4 Å². The Morgan fingerprint density at radius 3 is 2.60 bits per heavy atom. The fourth-order valence-electron chi connectivity index (χ4n) is 1.65. The second-order valence-electron chi connectivity index (χ2n) is 5.81. The van der Waals surface area contributed by atoms with Gasteiger partial charge >= 0.3 is 0 Å². The maximum absolute atomic E-state index is 5.31. The summed E-state index contributed by atoms with van der Waals surface area (Å²) < 4.78 is 10.4. The van der Waals surface area contributed by atoms with Gasteiger partial charge in [0.05, 0.1) is 18.4 Å². The Hall–Kier alpha value is -1.17. The summed E-state index contributed by atoms with van der Waals surface area (Å²) in [6.07, 6.45) is 0.0261. The van der Waals surface area contributed by atoms with Crippen molar-refractivity contribution in [2.45, 2.75) is 39.0 Å². The summed E-state index contributed by atoms with van der Waals surface area (Å²) >= 11 is 0. The average molecular weight is 281 g/mol. The smallest absolute Gasteiger partial charge is 0.126 e. The quantitative estimate of drug-likeness (QED) is 0.764. The number of hydrogen-bond acceptors (Lipinski definition) is 5. The van der Waals surface area contributed by atoms with Gasteiger partial charge < -0.3 is 20.1 Å². The maximum atomic E-state index is 5.31. The first-order valence-corrected chi connectivity index (χ1v) is 6.91. The third-order valence-electron chi connectivity index (χ3n) is 2.80. The van der Waals surface area contributed by atoms with E-state index in [4.69, 9.17) is 9.47 Å². The Bertz CT molecular complexity index is 391. The summed E-state index contributed by atoms with van der Waals surface area (Å²) in [6.45, 7) is 8.42. The molecule has 0 aliphatic heterocycles. The molecule has 1 unspecified atom stereocenters. The van der Waals surface area contributed by atoms with E-state index in [-0.39, 0.29) is 11.6 Å². The van der Waals surface area contributed by atoms with E-state index in [1.807, 2.05) is 18.2 Å². The van der Waals surface area contributed by atoms with Crippen molar-refractivity contribution in [2.75, 3.05) is 32.7 Å². The van der Waals surface area contributed by atoms with Crippen LogP contribution < -0.4 is 10.6 Å². The van der Waals surface area contributed by atoms with Crippen molar-refractivity contribution < 1.29 is 9.47 Å². The molecule has 1 aromatic rings. The van der Waals surface area contributed by atoms with E-state index in [9.17, 15) is 0 Å². The molecular formula is C15H27N3O2. The molecule has 0 saturated heterocycles. The van der Waals surface area contributed by atoms with Gasteiger partial charge in [0.25, 0.3) is 0 Å². The predicted octanol–water partition coefficient (Wildman–Crippen LogP) is 2.04. The number of nitrogens with zero attached hydrogens (tertiary/aromatic N) is 1. The lowest BCUT2D eigenvalue weighted by molar-refractivity contribution is 0.0365. The first kappa shape index (κ1) is 16.9. The van der Waals surface area contributed by atoms with Gasteiger partial charge in [0, 0.05) is 32.8 Å². The topological polar surface area (TPSA) is 55.4 Å². The fraction of sp³-hybridized carbons (Fsp3) is 0.667. The monoisotopic (exact) mass is 281 g/mol. The minimum absolute atomic E-state index is 0.0261. The van der Waals surface area contributed by atoms with E-state index in [1.54, 1.807) is 14.2 Å². The number of rotatable bonds is 8. The molecule has 1 atom stereocenters. The van der Waals surface area contributed by atoms with Gasteiger partial charge in [-0.05, 0) is 32.9 Å². The molecule has 0 saturated carbocycles. The summed E-state index contributed by atoms with van der Waals surface area (Å²) in [5.74, 6) is 0.858. The lowest BCUT2D eigenvalue weighted by atomic mass is 10.1. The molecule has 0 spiro atoms. The van der Waals surface area contributed by atoms with Gasteiger partial charge in [-0.15, -0.1) is 0 Å². The van der Waals surface area contributed by atoms with E-state index >= 15 is 0 Å². The van der Waals surface area contributed by atoms with E-state index in [0.717, 1.165) is 18.1 Å². The molecule has 0 aromatic carbocycles. The second-order valence-corrected chi connectivity index (χ2v) is 5.81. The maximum Gasteiger partial charge on any atom is 0.126 e. The number of hydrogen-bond donors (Lipinski definition) is 2. The lowest BCUT2D eigenvalue weighted by Crippen LogP contribution is -2.35. The summed E-state index contributed by atoms with van der Waals surface area (Å²) in [4.78, 5) is 4.57. The minimum Gasteiger partial charge on any atom is -0.382 e. The van der Waals surface area contributed by atoms with Crippen LogP contribution in [0.5, 0.6) is 0 Å². The van der Waals surface area contributed by atoms with Gasteiger partial charge in [0.2, 0.25) is 0 Å². The van der Waals surface area contributed by atoms with Crippen LogP contribution in [0.3, 0.4) is 0 Å². The summed E-state index contributed by atoms with van der Waals surface area (Å²) in [6, 6.07) is 5.99. The first-order chi connectivity index (χ1) is 9.44. The Kier molecular flexibility index (Phi) is 6.91. The average Bonchev–Trinajstić information content (AvgIpc) is 2.41. The molecule has 5 heteroatoms. The summed E-state index contributed by atoms with van der Waals surface area (Å²) in [7, 11) is 3.35. The van der Waals surface area contributed by atoms with Crippen LogP contribution in [-0.4, -0.2) is 44.0 Å². The van der Waals surface area contributed by atoms with Crippen LogP contribution in [0.4, 0.5) is 5.82 Å². The molecule has 0 bridgehead atoms. The number of pyridine rings is 1. The molecule has 0 radical (unpaired) electrons. The van der Waals surface area contributed by atoms with Gasteiger partial charge in [0.1, 0.15) is 5.82 Å². The highest BCUT2D eigenvalue weighted by molar-refractivity contribution is 5.35. The Morgan fingerprint density at radius 2 is 2.00 bits per heavy atom. The zero-order valence-electron chi connectivity index (χ0n) is 13.2. The van der Waals surface area contributed by atoms with Crippen molar-refractivity contribution >= 4 is 5.82 Å². The van der Waals surface area contributed by atoms with Crippen LogP contribution in [0.1, 0.15) is 26.5 Å². The van der Waals surface area contributed by atoms with Crippen molar-refractivity contribution in [1.82, 2.24) is 10.3 Å². The van der Waals surface area contributed by atoms with Crippen molar-refractivity contribution in [1.29, 1.82) is 0 Å². The fourth-order valence-corrected chi connectivity index (χ4v) is 1.65. The highest BCUT2D eigenvalue weighted by Crippen LogP contribution is 2.07. The Balaban J connectivity index is 2.51. The van der Waals surface area contributed by atoms with Crippen LogP contribution in [-0.2, 0) is 16.0 Å². The molecule has 114 valence electrons. The molecular weight excluding hydrogens is 254 g/mol.